The third kappa shape index (κ3) is 2.54. The number of benzene rings is 1. The predicted octanol–water partition coefficient (Wildman–Crippen LogP) is 3.95. The summed E-state index contributed by atoms with van der Waals surface area (Å²) in [7, 11) is 0. The molecule has 2 aromatic rings. The number of hydrogen-bond donors (Lipinski definition) is 0. The van der Waals surface area contributed by atoms with Gasteiger partial charge in [-0.05, 0) is 19.1 Å². The summed E-state index contributed by atoms with van der Waals surface area (Å²) in [5, 5.41) is 2.97. The number of thiazole rings is 1. The van der Waals surface area contributed by atoms with Gasteiger partial charge in [0, 0.05) is 10.9 Å². The van der Waals surface area contributed by atoms with Crippen molar-refractivity contribution >= 4 is 22.9 Å². The van der Waals surface area contributed by atoms with E-state index in [1.807, 2.05) is 36.6 Å². The first-order chi connectivity index (χ1) is 7.83. The third-order valence-electron chi connectivity index (χ3n) is 2.08. The number of hydrogen-bond acceptors (Lipinski definition) is 3. The molecule has 84 valence electrons. The van der Waals surface area contributed by atoms with Crippen LogP contribution >= 0.6 is 22.9 Å². The van der Waals surface area contributed by atoms with Crippen LogP contribution in [0.3, 0.4) is 0 Å². The van der Waals surface area contributed by atoms with Gasteiger partial charge in [0.15, 0.2) is 0 Å². The van der Waals surface area contributed by atoms with Gasteiger partial charge in [-0.1, -0.05) is 12.1 Å². The van der Waals surface area contributed by atoms with E-state index in [0.717, 1.165) is 22.0 Å². The fourth-order valence-electron chi connectivity index (χ4n) is 1.39. The molecule has 0 saturated heterocycles. The molecule has 0 amide bonds. The quantitative estimate of drug-likeness (QED) is 0.770. The van der Waals surface area contributed by atoms with Crippen LogP contribution in [0.4, 0.5) is 0 Å². The Kier molecular flexibility index (Phi) is 3.80. The molecular formula is C12H12ClNOS. The van der Waals surface area contributed by atoms with Crippen molar-refractivity contribution in [1.82, 2.24) is 4.98 Å². The molecule has 1 heterocycles. The summed E-state index contributed by atoms with van der Waals surface area (Å²) in [6.45, 7) is 2.65. The molecule has 1 aromatic heterocycles. The summed E-state index contributed by atoms with van der Waals surface area (Å²) in [4.78, 5) is 4.43. The molecule has 0 unspecified atom stereocenters. The fraction of sp³-hybridized carbons (Fsp3) is 0.250. The molecule has 0 spiro atoms. The lowest BCUT2D eigenvalue weighted by Crippen LogP contribution is -1.91. The number of ether oxygens (including phenoxy) is 1. The van der Waals surface area contributed by atoms with Crippen LogP contribution in [0.5, 0.6) is 5.75 Å². The highest BCUT2D eigenvalue weighted by atomic mass is 35.5. The molecule has 1 aromatic carbocycles. The standard InChI is InChI=1S/C12H12ClNOS/c1-2-15-11-5-3-4-9(6-11)12-14-10(7-13)8-16-12/h3-6,8H,2,7H2,1H3. The van der Waals surface area contributed by atoms with Crippen LogP contribution < -0.4 is 4.74 Å². The van der Waals surface area contributed by atoms with E-state index >= 15 is 0 Å². The molecule has 0 atom stereocenters. The van der Waals surface area contributed by atoms with Crippen molar-refractivity contribution in [3.8, 4) is 16.3 Å². The summed E-state index contributed by atoms with van der Waals surface area (Å²) in [6, 6.07) is 7.95. The number of nitrogens with zero attached hydrogens (tertiary/aromatic N) is 1. The van der Waals surface area contributed by atoms with Crippen molar-refractivity contribution in [2.24, 2.45) is 0 Å². The van der Waals surface area contributed by atoms with Gasteiger partial charge >= 0.3 is 0 Å². The lowest BCUT2D eigenvalue weighted by Gasteiger charge is -2.03. The maximum Gasteiger partial charge on any atom is 0.123 e. The topological polar surface area (TPSA) is 22.1 Å². The third-order valence-corrected chi connectivity index (χ3v) is 3.29. The monoisotopic (exact) mass is 253 g/mol. The Balaban J connectivity index is 2.28. The summed E-state index contributed by atoms with van der Waals surface area (Å²) in [5.41, 5.74) is 2.00. The first-order valence-corrected chi connectivity index (χ1v) is 6.48. The first kappa shape index (κ1) is 11.4. The molecule has 0 N–H and O–H groups in total. The second kappa shape index (κ2) is 5.32. The number of rotatable bonds is 4. The highest BCUT2D eigenvalue weighted by Gasteiger charge is 2.04. The minimum Gasteiger partial charge on any atom is -0.494 e. The summed E-state index contributed by atoms with van der Waals surface area (Å²) < 4.78 is 5.45. The normalized spacial score (nSPS) is 10.4. The van der Waals surface area contributed by atoms with Crippen LogP contribution in [0.1, 0.15) is 12.6 Å². The van der Waals surface area contributed by atoms with Crippen molar-refractivity contribution in [1.29, 1.82) is 0 Å². The van der Waals surface area contributed by atoms with Gasteiger partial charge in [0.05, 0.1) is 18.2 Å². The van der Waals surface area contributed by atoms with Crippen molar-refractivity contribution in [2.75, 3.05) is 6.61 Å². The Morgan fingerprint density at radius 1 is 1.44 bits per heavy atom. The van der Waals surface area contributed by atoms with Crippen LogP contribution in [0, 0.1) is 0 Å². The SMILES string of the molecule is CCOc1cccc(-c2nc(CCl)cs2)c1. The van der Waals surface area contributed by atoms with Gasteiger partial charge in [-0.25, -0.2) is 4.98 Å². The molecule has 0 radical (unpaired) electrons. The minimum atomic E-state index is 0.460. The molecule has 4 heteroatoms. The van der Waals surface area contributed by atoms with Crippen LogP contribution in [0.25, 0.3) is 10.6 Å². The van der Waals surface area contributed by atoms with Crippen molar-refractivity contribution < 1.29 is 4.74 Å². The molecule has 0 bridgehead atoms. The number of aromatic nitrogens is 1. The van der Waals surface area contributed by atoms with Crippen molar-refractivity contribution in [2.45, 2.75) is 12.8 Å². The summed E-state index contributed by atoms with van der Waals surface area (Å²) in [5.74, 6) is 1.34. The van der Waals surface area contributed by atoms with Gasteiger partial charge in [0.1, 0.15) is 10.8 Å². The van der Waals surface area contributed by atoms with Gasteiger partial charge < -0.3 is 4.74 Å². The Labute approximate surface area is 104 Å². The highest BCUT2D eigenvalue weighted by Crippen LogP contribution is 2.27. The van der Waals surface area contributed by atoms with Crippen LogP contribution in [-0.2, 0) is 5.88 Å². The van der Waals surface area contributed by atoms with E-state index in [1.54, 1.807) is 11.3 Å². The molecule has 16 heavy (non-hydrogen) atoms. The maximum atomic E-state index is 5.73. The molecule has 2 nitrogen and oxygen atoms in total. The molecule has 2 rings (SSSR count). The first-order valence-electron chi connectivity index (χ1n) is 5.07. The van der Waals surface area contributed by atoms with Crippen LogP contribution in [0.2, 0.25) is 0 Å². The van der Waals surface area contributed by atoms with Gasteiger partial charge in [0.2, 0.25) is 0 Å². The Hall–Kier alpha value is -1.06. The highest BCUT2D eigenvalue weighted by molar-refractivity contribution is 7.13. The molecule has 0 fully saturated rings. The Morgan fingerprint density at radius 3 is 3.00 bits per heavy atom. The maximum absolute atomic E-state index is 5.73. The van der Waals surface area contributed by atoms with Gasteiger partial charge in [-0.3, -0.25) is 0 Å². The van der Waals surface area contributed by atoms with Gasteiger partial charge in [-0.15, -0.1) is 22.9 Å². The summed E-state index contributed by atoms with van der Waals surface area (Å²) >= 11 is 7.33. The van der Waals surface area contributed by atoms with E-state index < -0.39 is 0 Å². The fourth-order valence-corrected chi connectivity index (χ4v) is 2.43. The number of alkyl halides is 1. The largest absolute Gasteiger partial charge is 0.494 e. The van der Waals surface area contributed by atoms with E-state index in [-0.39, 0.29) is 0 Å². The van der Waals surface area contributed by atoms with E-state index in [1.165, 1.54) is 0 Å². The van der Waals surface area contributed by atoms with E-state index in [0.29, 0.717) is 12.5 Å². The molecule has 0 aliphatic carbocycles. The smallest absolute Gasteiger partial charge is 0.123 e. The minimum absolute atomic E-state index is 0.460. The van der Waals surface area contributed by atoms with Crippen molar-refractivity contribution in [3.63, 3.8) is 0 Å². The zero-order chi connectivity index (χ0) is 11.4. The molecule has 0 aliphatic heterocycles. The lowest BCUT2D eigenvalue weighted by atomic mass is 10.2. The van der Waals surface area contributed by atoms with Crippen LogP contribution in [0.15, 0.2) is 29.6 Å². The molecular weight excluding hydrogens is 242 g/mol. The van der Waals surface area contributed by atoms with E-state index in [4.69, 9.17) is 16.3 Å². The van der Waals surface area contributed by atoms with E-state index in [2.05, 4.69) is 4.98 Å². The van der Waals surface area contributed by atoms with Gasteiger partial charge in [-0.2, -0.15) is 0 Å². The van der Waals surface area contributed by atoms with Crippen molar-refractivity contribution in [3.05, 3.63) is 35.3 Å². The average Bonchev–Trinajstić information content (AvgIpc) is 2.78. The van der Waals surface area contributed by atoms with E-state index in [9.17, 15) is 0 Å². The average molecular weight is 254 g/mol. The van der Waals surface area contributed by atoms with Gasteiger partial charge in [0.25, 0.3) is 0 Å². The summed E-state index contributed by atoms with van der Waals surface area (Å²) in [6.07, 6.45) is 0. The van der Waals surface area contributed by atoms with Crippen LogP contribution in [-0.4, -0.2) is 11.6 Å². The Bertz CT molecular complexity index is 470. The molecule has 0 aliphatic rings. The zero-order valence-corrected chi connectivity index (χ0v) is 10.5. The lowest BCUT2D eigenvalue weighted by molar-refractivity contribution is 0.340. The second-order valence-electron chi connectivity index (χ2n) is 3.24. The zero-order valence-electron chi connectivity index (χ0n) is 8.94. The number of halogens is 1. The second-order valence-corrected chi connectivity index (χ2v) is 4.36. The molecule has 0 saturated carbocycles. The Morgan fingerprint density at radius 2 is 2.31 bits per heavy atom. The predicted molar refractivity (Wildman–Crippen MR) is 68.3 cm³/mol.